The molecule has 1 aliphatic rings. The Hall–Kier alpha value is -5.63. The molecular weight excluding hydrogens is 638 g/mol. The first kappa shape index (κ1) is 29.8. The number of barbiturate groups is 1. The van der Waals surface area contributed by atoms with Gasteiger partial charge in [-0.25, -0.2) is 9.69 Å². The van der Waals surface area contributed by atoms with Crippen molar-refractivity contribution in [2.24, 2.45) is 0 Å². The predicted molar refractivity (Wildman–Crippen MR) is 163 cm³/mol. The van der Waals surface area contributed by atoms with Crippen LogP contribution in [0, 0.1) is 41.0 Å². The van der Waals surface area contributed by atoms with Crippen LogP contribution in [0.25, 0.3) is 11.8 Å². The van der Waals surface area contributed by atoms with Crippen LogP contribution in [-0.2, 0) is 9.59 Å². The Bertz CT molecular complexity index is 1930. The van der Waals surface area contributed by atoms with Crippen molar-refractivity contribution in [3.63, 3.8) is 0 Å². The number of aryl methyl sites for hydroxylation is 2. The number of nitro benzene ring substituents is 2. The number of ether oxygens (including phenoxy) is 1. The fraction of sp³-hybridized carbons (Fsp3) is 0.100. The third kappa shape index (κ3) is 5.57. The van der Waals surface area contributed by atoms with Gasteiger partial charge in [-0.15, -0.1) is 0 Å². The van der Waals surface area contributed by atoms with Gasteiger partial charge in [-0.05, 0) is 92.6 Å². The highest BCUT2D eigenvalue weighted by Crippen LogP contribution is 2.35. The van der Waals surface area contributed by atoms with E-state index in [0.717, 1.165) is 32.8 Å². The van der Waals surface area contributed by atoms with Crippen molar-refractivity contribution >= 4 is 56.9 Å². The third-order valence-electron chi connectivity index (χ3n) is 6.94. The second-order valence-electron chi connectivity index (χ2n) is 9.82. The van der Waals surface area contributed by atoms with Crippen LogP contribution < -0.4 is 15.0 Å². The van der Waals surface area contributed by atoms with E-state index in [0.29, 0.717) is 22.6 Å². The summed E-state index contributed by atoms with van der Waals surface area (Å²) in [4.78, 5) is 60.6. The summed E-state index contributed by atoms with van der Waals surface area (Å²) in [6.45, 7) is 5.45. The van der Waals surface area contributed by atoms with Crippen LogP contribution in [0.5, 0.6) is 11.5 Å². The van der Waals surface area contributed by atoms with Crippen LogP contribution in [0.15, 0.2) is 76.8 Å². The standard InChI is InChI=1S/C30H22BrN5O8/c1-16-12-21(6-10-25(16)31)34-29(38)24(28(37)32-30(34)39)14-19-13-17(2)33(18(19)3)20-4-8-23(9-5-20)44-27-11-7-22(35(40)41)15-26(27)36(42)43/h4-15H,1-3H3,(H,32,37,39)/b24-14+. The van der Waals surface area contributed by atoms with E-state index in [1.807, 2.05) is 18.4 Å². The molecule has 1 N–H and O–H groups in total. The van der Waals surface area contributed by atoms with Gasteiger partial charge in [0.15, 0.2) is 0 Å². The normalized spacial score (nSPS) is 14.1. The number of carbonyl (C=O) groups is 3. The van der Waals surface area contributed by atoms with Crippen molar-refractivity contribution in [2.75, 3.05) is 4.90 Å². The van der Waals surface area contributed by atoms with E-state index in [4.69, 9.17) is 4.74 Å². The van der Waals surface area contributed by atoms with Crippen LogP contribution >= 0.6 is 15.9 Å². The Labute approximate surface area is 257 Å². The smallest absolute Gasteiger partial charge is 0.335 e. The van der Waals surface area contributed by atoms with Gasteiger partial charge in [0, 0.05) is 27.6 Å². The highest BCUT2D eigenvalue weighted by molar-refractivity contribution is 9.10. The molecule has 3 aromatic carbocycles. The number of non-ortho nitro benzene ring substituents is 1. The number of halogens is 1. The summed E-state index contributed by atoms with van der Waals surface area (Å²) >= 11 is 3.40. The molecule has 0 spiro atoms. The van der Waals surface area contributed by atoms with Crippen molar-refractivity contribution in [2.45, 2.75) is 20.8 Å². The number of urea groups is 1. The molecule has 1 fully saturated rings. The van der Waals surface area contributed by atoms with Crippen molar-refractivity contribution in [3.05, 3.63) is 120 Å². The van der Waals surface area contributed by atoms with Gasteiger partial charge in [-0.3, -0.25) is 35.1 Å². The van der Waals surface area contributed by atoms with Crippen molar-refractivity contribution in [1.82, 2.24) is 9.88 Å². The largest absolute Gasteiger partial charge is 0.450 e. The van der Waals surface area contributed by atoms with Gasteiger partial charge >= 0.3 is 11.7 Å². The van der Waals surface area contributed by atoms with Gasteiger partial charge in [-0.2, -0.15) is 0 Å². The van der Waals surface area contributed by atoms with Crippen molar-refractivity contribution in [3.8, 4) is 17.2 Å². The van der Waals surface area contributed by atoms with Crippen LogP contribution in [-0.4, -0.2) is 32.3 Å². The fourth-order valence-electron chi connectivity index (χ4n) is 4.79. The van der Waals surface area contributed by atoms with Crippen LogP contribution in [0.4, 0.5) is 21.9 Å². The number of nitro groups is 2. The molecule has 0 saturated carbocycles. The second-order valence-corrected chi connectivity index (χ2v) is 10.7. The molecule has 4 amide bonds. The molecule has 44 heavy (non-hydrogen) atoms. The highest BCUT2D eigenvalue weighted by atomic mass is 79.9. The number of nitrogens with one attached hydrogen (secondary N) is 1. The Morgan fingerprint density at radius 1 is 0.864 bits per heavy atom. The van der Waals surface area contributed by atoms with Crippen molar-refractivity contribution in [1.29, 1.82) is 0 Å². The van der Waals surface area contributed by atoms with Gasteiger partial charge in [0.05, 0.1) is 21.6 Å². The lowest BCUT2D eigenvalue weighted by Gasteiger charge is -2.26. The monoisotopic (exact) mass is 659 g/mol. The quantitative estimate of drug-likeness (QED) is 0.102. The van der Waals surface area contributed by atoms with E-state index in [-0.39, 0.29) is 17.1 Å². The molecule has 1 aliphatic heterocycles. The topological polar surface area (TPSA) is 167 Å². The number of anilines is 1. The number of nitrogens with zero attached hydrogens (tertiary/aromatic N) is 4. The maximum absolute atomic E-state index is 13.4. The van der Waals surface area contributed by atoms with E-state index in [2.05, 4.69) is 21.2 Å². The Balaban J connectivity index is 1.43. The number of benzene rings is 3. The minimum atomic E-state index is -0.842. The lowest BCUT2D eigenvalue weighted by Crippen LogP contribution is -2.54. The summed E-state index contributed by atoms with van der Waals surface area (Å²) in [5.41, 5.74) is 2.66. The molecule has 5 rings (SSSR count). The Morgan fingerprint density at radius 2 is 1.55 bits per heavy atom. The average Bonchev–Trinajstić information content (AvgIpc) is 3.25. The average molecular weight is 660 g/mol. The minimum absolute atomic E-state index is 0.156. The van der Waals surface area contributed by atoms with Gasteiger partial charge in [0.1, 0.15) is 11.3 Å². The number of aromatic nitrogens is 1. The molecule has 2 heterocycles. The lowest BCUT2D eigenvalue weighted by atomic mass is 10.1. The molecule has 14 heteroatoms. The number of hydrogen-bond donors (Lipinski definition) is 1. The number of amides is 4. The first-order valence-electron chi connectivity index (χ1n) is 12.9. The van der Waals surface area contributed by atoms with Gasteiger partial charge in [-0.1, -0.05) is 15.9 Å². The molecular formula is C30H22BrN5O8. The Morgan fingerprint density at radius 3 is 2.18 bits per heavy atom. The molecule has 0 unspecified atom stereocenters. The predicted octanol–water partition coefficient (Wildman–Crippen LogP) is 6.44. The zero-order valence-electron chi connectivity index (χ0n) is 23.4. The number of hydrogen-bond acceptors (Lipinski definition) is 8. The zero-order valence-corrected chi connectivity index (χ0v) is 24.9. The van der Waals surface area contributed by atoms with Gasteiger partial charge in [0.2, 0.25) is 5.75 Å². The number of carbonyl (C=O) groups excluding carboxylic acids is 3. The molecule has 222 valence electrons. The zero-order chi connectivity index (χ0) is 31.9. The lowest BCUT2D eigenvalue weighted by molar-refractivity contribution is -0.394. The summed E-state index contributed by atoms with van der Waals surface area (Å²) in [6, 6.07) is 15.6. The number of rotatable bonds is 7. The SMILES string of the molecule is Cc1cc(N2C(=O)NC(=O)/C(=C\c3cc(C)n(-c4ccc(Oc5ccc([N+](=O)[O-])cc5[N+](=O)[O-])cc4)c3C)C2=O)ccc1Br. The van der Waals surface area contributed by atoms with Crippen molar-refractivity contribution < 1.29 is 29.0 Å². The number of imide groups is 2. The summed E-state index contributed by atoms with van der Waals surface area (Å²) in [7, 11) is 0. The molecule has 4 aromatic rings. The summed E-state index contributed by atoms with van der Waals surface area (Å²) in [6.07, 6.45) is 1.44. The molecule has 0 aliphatic carbocycles. The molecule has 0 radical (unpaired) electrons. The first-order chi connectivity index (χ1) is 20.8. The second kappa shape index (κ2) is 11.6. The van der Waals surface area contributed by atoms with Gasteiger partial charge < -0.3 is 9.30 Å². The first-order valence-corrected chi connectivity index (χ1v) is 13.7. The fourth-order valence-corrected chi connectivity index (χ4v) is 5.03. The maximum atomic E-state index is 13.4. The van der Waals surface area contributed by atoms with E-state index < -0.39 is 39.1 Å². The molecule has 0 atom stereocenters. The molecule has 13 nitrogen and oxygen atoms in total. The molecule has 1 saturated heterocycles. The summed E-state index contributed by atoms with van der Waals surface area (Å²) in [5.74, 6) is -1.46. The highest BCUT2D eigenvalue weighted by Gasteiger charge is 2.37. The third-order valence-corrected chi connectivity index (χ3v) is 7.83. The van der Waals surface area contributed by atoms with Gasteiger partial charge in [0.25, 0.3) is 17.5 Å². The molecule has 1 aromatic heterocycles. The summed E-state index contributed by atoms with van der Waals surface area (Å²) in [5, 5.41) is 24.7. The van der Waals surface area contributed by atoms with E-state index in [1.165, 1.54) is 12.1 Å². The van der Waals surface area contributed by atoms with Crippen LogP contribution in [0.1, 0.15) is 22.5 Å². The summed E-state index contributed by atoms with van der Waals surface area (Å²) < 4.78 is 8.33. The van der Waals surface area contributed by atoms with E-state index in [1.54, 1.807) is 55.5 Å². The molecule has 0 bridgehead atoms. The van der Waals surface area contributed by atoms with E-state index in [9.17, 15) is 34.6 Å². The van der Waals surface area contributed by atoms with E-state index >= 15 is 0 Å². The van der Waals surface area contributed by atoms with Crippen LogP contribution in [0.2, 0.25) is 0 Å². The Kier molecular flexibility index (Phi) is 7.85. The minimum Gasteiger partial charge on any atom is -0.450 e. The van der Waals surface area contributed by atoms with Crippen LogP contribution in [0.3, 0.4) is 0 Å². The maximum Gasteiger partial charge on any atom is 0.335 e.